The number of benzene rings is 1. The van der Waals surface area contributed by atoms with Crippen LogP contribution in [0.3, 0.4) is 0 Å². The van der Waals surface area contributed by atoms with Gasteiger partial charge >= 0.3 is 0 Å². The topological polar surface area (TPSA) is 78.5 Å². The van der Waals surface area contributed by atoms with E-state index >= 15 is 0 Å². The summed E-state index contributed by atoms with van der Waals surface area (Å²) in [6.45, 7) is 1.97. The van der Waals surface area contributed by atoms with E-state index < -0.39 is 0 Å². The molecule has 0 radical (unpaired) electrons. The Bertz CT molecular complexity index is 924. The maximum Gasteiger partial charge on any atom is 0.253 e. The molecule has 1 saturated heterocycles. The molecule has 3 aliphatic rings. The van der Waals surface area contributed by atoms with Gasteiger partial charge in [-0.15, -0.1) is 0 Å². The number of H-pyrrole nitrogens is 1. The van der Waals surface area contributed by atoms with Gasteiger partial charge in [0.2, 0.25) is 5.91 Å². The number of likely N-dealkylation sites (tertiary alicyclic amines) is 1. The highest BCUT2D eigenvalue weighted by molar-refractivity contribution is 5.94. The molecule has 3 heterocycles. The molecule has 5 rings (SSSR count). The van der Waals surface area contributed by atoms with Crippen molar-refractivity contribution in [2.75, 3.05) is 26.7 Å². The molecule has 0 bridgehead atoms. The van der Waals surface area contributed by atoms with Crippen LogP contribution in [0.1, 0.15) is 47.4 Å². The standard InChI is InChI=1S/C22H26N4O3/c1-29-17-6-4-15(5-7-17)20(27)25-12-9-22(10-13-25)19-18(23-14-24-19)8-11-26(22)21(28)16-2-3-16/h4-7,14,16H,2-3,8-13H2,1H3,(H,23,24). The Balaban J connectivity index is 1.38. The third-order valence-electron chi connectivity index (χ3n) is 6.67. The molecule has 1 aromatic carbocycles. The average molecular weight is 394 g/mol. The van der Waals surface area contributed by atoms with Crippen molar-refractivity contribution in [3.63, 3.8) is 0 Å². The van der Waals surface area contributed by atoms with Gasteiger partial charge in [0.1, 0.15) is 5.75 Å². The van der Waals surface area contributed by atoms with E-state index in [2.05, 4.69) is 14.9 Å². The maximum atomic E-state index is 13.1. The zero-order chi connectivity index (χ0) is 20.0. The van der Waals surface area contributed by atoms with Crippen LogP contribution in [-0.4, -0.2) is 58.3 Å². The molecule has 1 aromatic heterocycles. The van der Waals surface area contributed by atoms with E-state index in [1.165, 1.54) is 0 Å². The highest BCUT2D eigenvalue weighted by atomic mass is 16.5. The summed E-state index contributed by atoms with van der Waals surface area (Å²) in [4.78, 5) is 37.9. The van der Waals surface area contributed by atoms with Crippen molar-refractivity contribution in [1.82, 2.24) is 19.8 Å². The lowest BCUT2D eigenvalue weighted by Gasteiger charge is -2.50. The number of imidazole rings is 1. The van der Waals surface area contributed by atoms with Crippen LogP contribution in [0.4, 0.5) is 0 Å². The number of carbonyl (C=O) groups excluding carboxylic acids is 2. The van der Waals surface area contributed by atoms with Crippen molar-refractivity contribution >= 4 is 11.8 Å². The quantitative estimate of drug-likeness (QED) is 0.867. The number of aromatic nitrogens is 2. The van der Waals surface area contributed by atoms with Gasteiger partial charge < -0.3 is 19.5 Å². The van der Waals surface area contributed by atoms with Gasteiger partial charge in [0.15, 0.2) is 0 Å². The number of fused-ring (bicyclic) bond motifs is 2. The molecule has 7 nitrogen and oxygen atoms in total. The fourth-order valence-electron chi connectivity index (χ4n) is 4.85. The fraction of sp³-hybridized carbons (Fsp3) is 0.500. The summed E-state index contributed by atoms with van der Waals surface area (Å²) in [7, 11) is 1.61. The second-order valence-corrected chi connectivity index (χ2v) is 8.30. The second-order valence-electron chi connectivity index (χ2n) is 8.30. The fourth-order valence-corrected chi connectivity index (χ4v) is 4.85. The number of amides is 2. The molecule has 7 heteroatoms. The first kappa shape index (κ1) is 18.2. The molecular weight excluding hydrogens is 368 g/mol. The smallest absolute Gasteiger partial charge is 0.253 e. The van der Waals surface area contributed by atoms with Crippen LogP contribution in [0, 0.1) is 5.92 Å². The Labute approximate surface area is 170 Å². The third-order valence-corrected chi connectivity index (χ3v) is 6.67. The summed E-state index contributed by atoms with van der Waals surface area (Å²) in [5, 5.41) is 0. The number of rotatable bonds is 3. The molecule has 1 aliphatic carbocycles. The normalized spacial score (nSPS) is 20.4. The molecule has 2 fully saturated rings. The molecule has 2 aromatic rings. The predicted octanol–water partition coefficient (Wildman–Crippen LogP) is 2.34. The number of hydrogen-bond acceptors (Lipinski definition) is 4. The van der Waals surface area contributed by atoms with Crippen LogP contribution in [-0.2, 0) is 16.8 Å². The molecule has 1 N–H and O–H groups in total. The van der Waals surface area contributed by atoms with E-state index in [9.17, 15) is 9.59 Å². The molecular formula is C22H26N4O3. The Kier molecular flexibility index (Phi) is 4.33. The first-order valence-electron chi connectivity index (χ1n) is 10.4. The Hall–Kier alpha value is -2.83. The lowest BCUT2D eigenvalue weighted by atomic mass is 9.78. The molecule has 1 saturated carbocycles. The molecule has 1 spiro atoms. The van der Waals surface area contributed by atoms with Gasteiger partial charge in [-0.05, 0) is 49.9 Å². The van der Waals surface area contributed by atoms with Gasteiger partial charge in [0.05, 0.1) is 24.7 Å². The van der Waals surface area contributed by atoms with E-state index in [-0.39, 0.29) is 23.3 Å². The summed E-state index contributed by atoms with van der Waals surface area (Å²) >= 11 is 0. The predicted molar refractivity (Wildman–Crippen MR) is 107 cm³/mol. The summed E-state index contributed by atoms with van der Waals surface area (Å²) in [5.74, 6) is 1.22. The minimum absolute atomic E-state index is 0.0284. The van der Waals surface area contributed by atoms with Crippen molar-refractivity contribution in [2.45, 2.75) is 37.6 Å². The first-order valence-corrected chi connectivity index (χ1v) is 10.4. The summed E-state index contributed by atoms with van der Waals surface area (Å²) in [6.07, 6.45) is 6.02. The molecule has 0 atom stereocenters. The highest BCUT2D eigenvalue weighted by Gasteiger charge is 2.51. The average Bonchev–Trinajstić information content (AvgIpc) is 3.50. The number of piperidine rings is 1. The van der Waals surface area contributed by atoms with Crippen LogP contribution in [0.5, 0.6) is 5.75 Å². The number of nitrogens with one attached hydrogen (secondary N) is 1. The zero-order valence-corrected chi connectivity index (χ0v) is 16.7. The number of hydrogen-bond donors (Lipinski definition) is 1. The zero-order valence-electron chi connectivity index (χ0n) is 16.7. The van der Waals surface area contributed by atoms with E-state index in [1.54, 1.807) is 25.6 Å². The number of aromatic amines is 1. The van der Waals surface area contributed by atoms with E-state index in [0.29, 0.717) is 18.7 Å². The molecule has 152 valence electrons. The van der Waals surface area contributed by atoms with Crippen molar-refractivity contribution in [3.8, 4) is 5.75 Å². The van der Waals surface area contributed by atoms with Crippen molar-refractivity contribution in [3.05, 3.63) is 47.5 Å². The first-order chi connectivity index (χ1) is 14.1. The molecule has 2 aliphatic heterocycles. The van der Waals surface area contributed by atoms with Crippen molar-refractivity contribution in [1.29, 1.82) is 0 Å². The van der Waals surface area contributed by atoms with Crippen LogP contribution in [0.2, 0.25) is 0 Å². The number of ether oxygens (including phenoxy) is 1. The van der Waals surface area contributed by atoms with Crippen molar-refractivity contribution < 1.29 is 14.3 Å². The van der Waals surface area contributed by atoms with E-state index in [0.717, 1.165) is 55.8 Å². The maximum absolute atomic E-state index is 13.1. The highest BCUT2D eigenvalue weighted by Crippen LogP contribution is 2.45. The molecule has 0 unspecified atom stereocenters. The van der Waals surface area contributed by atoms with Crippen LogP contribution in [0.25, 0.3) is 0 Å². The Morgan fingerprint density at radius 1 is 1.14 bits per heavy atom. The minimum Gasteiger partial charge on any atom is -0.497 e. The van der Waals surface area contributed by atoms with Gasteiger partial charge in [-0.1, -0.05) is 0 Å². The van der Waals surface area contributed by atoms with Crippen LogP contribution in [0.15, 0.2) is 30.6 Å². The Morgan fingerprint density at radius 3 is 2.52 bits per heavy atom. The van der Waals surface area contributed by atoms with E-state index in [1.807, 2.05) is 17.0 Å². The van der Waals surface area contributed by atoms with Crippen LogP contribution >= 0.6 is 0 Å². The minimum atomic E-state index is -0.385. The number of carbonyl (C=O) groups is 2. The number of methoxy groups -OCH3 is 1. The van der Waals surface area contributed by atoms with Gasteiger partial charge in [-0.3, -0.25) is 9.59 Å². The largest absolute Gasteiger partial charge is 0.497 e. The van der Waals surface area contributed by atoms with Gasteiger partial charge in [0, 0.05) is 43.2 Å². The molecule has 29 heavy (non-hydrogen) atoms. The third kappa shape index (κ3) is 2.99. The SMILES string of the molecule is COc1ccc(C(=O)N2CCC3(CC2)c2nc[nH]c2CCN3C(=O)C2CC2)cc1. The van der Waals surface area contributed by atoms with Crippen molar-refractivity contribution in [2.24, 2.45) is 5.92 Å². The number of nitrogens with zero attached hydrogens (tertiary/aromatic N) is 3. The lowest BCUT2D eigenvalue weighted by molar-refractivity contribution is -0.143. The van der Waals surface area contributed by atoms with Gasteiger partial charge in [0.25, 0.3) is 5.91 Å². The lowest BCUT2D eigenvalue weighted by Crippen LogP contribution is -2.59. The summed E-state index contributed by atoms with van der Waals surface area (Å²) < 4.78 is 5.18. The summed E-state index contributed by atoms with van der Waals surface area (Å²) in [5.41, 5.74) is 2.43. The Morgan fingerprint density at radius 2 is 1.86 bits per heavy atom. The van der Waals surface area contributed by atoms with E-state index in [4.69, 9.17) is 4.74 Å². The summed E-state index contributed by atoms with van der Waals surface area (Å²) in [6, 6.07) is 7.24. The molecule has 2 amide bonds. The second kappa shape index (κ2) is 6.90. The van der Waals surface area contributed by atoms with Crippen LogP contribution < -0.4 is 4.74 Å². The van der Waals surface area contributed by atoms with Gasteiger partial charge in [-0.2, -0.15) is 0 Å². The van der Waals surface area contributed by atoms with Gasteiger partial charge in [-0.25, -0.2) is 4.98 Å². The monoisotopic (exact) mass is 394 g/mol.